The fourth-order valence-electron chi connectivity index (χ4n) is 5.97. The number of carbonyl (C=O) groups excluding carboxylic acids is 3. The van der Waals surface area contributed by atoms with E-state index in [1.165, 1.54) is 19.1 Å². The Bertz CT molecular complexity index is 1370. The highest BCUT2D eigenvalue weighted by Gasteiger charge is 2.64. The molecule has 12 nitrogen and oxygen atoms in total. The molecule has 3 aliphatic heterocycles. The van der Waals surface area contributed by atoms with Crippen LogP contribution in [-0.2, 0) is 35.0 Å². The summed E-state index contributed by atoms with van der Waals surface area (Å²) in [7, 11) is 6.18. The second-order valence-electron chi connectivity index (χ2n) is 12.2. The van der Waals surface area contributed by atoms with Crippen molar-refractivity contribution in [3.63, 3.8) is 0 Å². The molecule has 0 radical (unpaired) electrons. The summed E-state index contributed by atoms with van der Waals surface area (Å²) in [5.41, 5.74) is -0.646. The van der Waals surface area contributed by atoms with Gasteiger partial charge in [-0.25, -0.2) is 4.79 Å². The maximum absolute atomic E-state index is 13.8. The van der Waals surface area contributed by atoms with Crippen molar-refractivity contribution in [1.82, 2.24) is 10.6 Å². The molecule has 4 bridgehead atoms. The van der Waals surface area contributed by atoms with Gasteiger partial charge in [-0.1, -0.05) is 42.3 Å². The van der Waals surface area contributed by atoms with Gasteiger partial charge in [-0.2, -0.15) is 0 Å². The molecule has 2 amide bonds. The minimum absolute atomic E-state index is 0.00553. The van der Waals surface area contributed by atoms with Gasteiger partial charge < -0.3 is 39.0 Å². The van der Waals surface area contributed by atoms with Gasteiger partial charge in [-0.3, -0.25) is 14.9 Å². The van der Waals surface area contributed by atoms with Crippen LogP contribution in [0.5, 0.6) is 5.75 Å². The van der Waals surface area contributed by atoms with Crippen molar-refractivity contribution >= 4 is 35.3 Å². The van der Waals surface area contributed by atoms with Crippen molar-refractivity contribution in [3.8, 4) is 5.75 Å². The Morgan fingerprint density at radius 2 is 2.00 bits per heavy atom. The highest BCUT2D eigenvalue weighted by atomic mass is 35.5. The third-order valence-corrected chi connectivity index (χ3v) is 9.38. The number of hydrogen-bond acceptors (Lipinski definition) is 10. The van der Waals surface area contributed by atoms with Gasteiger partial charge in [0.15, 0.2) is 5.72 Å². The summed E-state index contributed by atoms with van der Waals surface area (Å²) in [5, 5.41) is 17.2. The number of nitrogens with one attached hydrogen (secondary N) is 2. The molecule has 4 rings (SSSR count). The largest absolute Gasteiger partial charge is 0.495 e. The Balaban J connectivity index is 1.80. The number of fused-ring (bicyclic) bond motifs is 5. The van der Waals surface area contributed by atoms with E-state index in [1.807, 2.05) is 26.0 Å². The van der Waals surface area contributed by atoms with Crippen molar-refractivity contribution in [2.24, 2.45) is 5.92 Å². The normalized spacial score (nSPS) is 34.8. The van der Waals surface area contributed by atoms with Crippen LogP contribution in [0.25, 0.3) is 0 Å². The van der Waals surface area contributed by atoms with Crippen LogP contribution in [0.3, 0.4) is 0 Å². The van der Waals surface area contributed by atoms with E-state index in [0.717, 1.165) is 11.1 Å². The molecule has 3 aliphatic rings. The number of carbonyl (C=O) groups is 3. The zero-order chi connectivity index (χ0) is 33.3. The van der Waals surface area contributed by atoms with Gasteiger partial charge in [0.25, 0.3) is 0 Å². The van der Waals surface area contributed by atoms with Crippen LogP contribution < -0.4 is 20.3 Å². The Labute approximate surface area is 269 Å². The quantitative estimate of drug-likeness (QED) is 0.321. The first kappa shape index (κ1) is 34.7. The minimum Gasteiger partial charge on any atom is -0.495 e. The number of benzene rings is 1. The number of amides is 2. The van der Waals surface area contributed by atoms with Gasteiger partial charge in [0.2, 0.25) is 5.91 Å². The summed E-state index contributed by atoms with van der Waals surface area (Å²) in [6, 6.07) is 2.99. The fraction of sp³-hybridized carbons (Fsp3) is 0.594. The average molecular weight is 650 g/mol. The van der Waals surface area contributed by atoms with E-state index < -0.39 is 59.8 Å². The molecular weight excluding hydrogens is 606 g/mol. The monoisotopic (exact) mass is 649 g/mol. The first-order valence-corrected chi connectivity index (χ1v) is 15.3. The SMILES string of the molecule is CN[C@H](C)C(=O)O[C@H]1CC(=O)N(C)c2cc(cc(OC)c2Cl)C/C(C)=C/C=C/[C@@H](OC)[C@@]2(O)C[C@H](OC(=O)N2)C(C)C2O[C@]21C. The number of allylic oxidation sites excluding steroid dienone is 3. The number of nitrogens with zero attached hydrogens (tertiary/aromatic N) is 1. The lowest BCUT2D eigenvalue weighted by Crippen LogP contribution is -2.63. The van der Waals surface area contributed by atoms with Crippen LogP contribution in [0.15, 0.2) is 35.9 Å². The molecule has 3 N–H and O–H groups in total. The van der Waals surface area contributed by atoms with Gasteiger partial charge in [0.1, 0.15) is 40.7 Å². The number of likely N-dealkylation sites (N-methyl/N-ethyl adjacent to an activating group) is 1. The first-order chi connectivity index (χ1) is 21.2. The van der Waals surface area contributed by atoms with Gasteiger partial charge in [0.05, 0.1) is 25.3 Å². The molecule has 248 valence electrons. The van der Waals surface area contributed by atoms with Crippen molar-refractivity contribution in [1.29, 1.82) is 0 Å². The number of rotatable bonds is 5. The van der Waals surface area contributed by atoms with Crippen LogP contribution in [0.2, 0.25) is 5.02 Å². The predicted octanol–water partition coefficient (Wildman–Crippen LogP) is 3.28. The van der Waals surface area contributed by atoms with Crippen LogP contribution in [-0.4, -0.2) is 93.2 Å². The third kappa shape index (κ3) is 7.30. The molecule has 1 aromatic carbocycles. The van der Waals surface area contributed by atoms with E-state index in [-0.39, 0.29) is 23.8 Å². The number of ether oxygens (including phenoxy) is 5. The molecule has 13 heteroatoms. The number of anilines is 1. The molecule has 1 aromatic rings. The number of hydrogen-bond donors (Lipinski definition) is 3. The maximum Gasteiger partial charge on any atom is 0.409 e. The smallest absolute Gasteiger partial charge is 0.409 e. The first-order valence-electron chi connectivity index (χ1n) is 14.9. The lowest BCUT2D eigenvalue weighted by Gasteiger charge is -2.42. The van der Waals surface area contributed by atoms with Gasteiger partial charge in [-0.05, 0) is 51.9 Å². The highest BCUT2D eigenvalue weighted by molar-refractivity contribution is 6.35. The van der Waals surface area contributed by atoms with E-state index in [0.29, 0.717) is 17.9 Å². The molecule has 45 heavy (non-hydrogen) atoms. The highest BCUT2D eigenvalue weighted by Crippen LogP contribution is 2.49. The van der Waals surface area contributed by atoms with Crippen molar-refractivity contribution in [2.45, 2.75) is 88.7 Å². The number of epoxide rings is 1. The molecule has 3 heterocycles. The van der Waals surface area contributed by atoms with Crippen molar-refractivity contribution in [3.05, 3.63) is 46.5 Å². The lowest BCUT2D eigenvalue weighted by molar-refractivity contribution is -0.155. The van der Waals surface area contributed by atoms with E-state index in [4.69, 9.17) is 35.3 Å². The van der Waals surface area contributed by atoms with Crippen LogP contribution in [0.1, 0.15) is 46.1 Å². The molecule has 2 unspecified atom stereocenters. The Morgan fingerprint density at radius 1 is 1.29 bits per heavy atom. The van der Waals surface area contributed by atoms with Gasteiger partial charge in [-0.15, -0.1) is 0 Å². The Kier molecular flexibility index (Phi) is 10.6. The van der Waals surface area contributed by atoms with Crippen LogP contribution >= 0.6 is 11.6 Å². The van der Waals surface area contributed by atoms with Gasteiger partial charge >= 0.3 is 12.1 Å². The van der Waals surface area contributed by atoms with Gasteiger partial charge in [0, 0.05) is 26.5 Å². The fourth-order valence-corrected chi connectivity index (χ4v) is 6.28. The Hall–Kier alpha value is -3.16. The average Bonchev–Trinajstić information content (AvgIpc) is 3.69. The van der Waals surface area contributed by atoms with E-state index in [2.05, 4.69) is 10.6 Å². The third-order valence-electron chi connectivity index (χ3n) is 9.00. The summed E-state index contributed by atoms with van der Waals surface area (Å²) in [6.45, 7) is 7.17. The Morgan fingerprint density at radius 3 is 2.64 bits per heavy atom. The molecule has 0 spiro atoms. The molecule has 0 aliphatic carbocycles. The summed E-state index contributed by atoms with van der Waals surface area (Å²) in [4.78, 5) is 40.9. The molecule has 0 saturated carbocycles. The summed E-state index contributed by atoms with van der Waals surface area (Å²) < 4.78 is 28.8. The zero-order valence-electron chi connectivity index (χ0n) is 27.0. The summed E-state index contributed by atoms with van der Waals surface area (Å²) >= 11 is 6.69. The minimum atomic E-state index is -1.78. The molecule has 0 aromatic heterocycles. The topological polar surface area (TPSA) is 148 Å². The number of halogens is 1. The predicted molar refractivity (Wildman–Crippen MR) is 167 cm³/mol. The van der Waals surface area contributed by atoms with Crippen LogP contribution in [0, 0.1) is 5.92 Å². The van der Waals surface area contributed by atoms with Crippen molar-refractivity contribution < 1.29 is 43.2 Å². The van der Waals surface area contributed by atoms with Crippen molar-refractivity contribution in [2.75, 3.05) is 33.2 Å². The standard InChI is InChI=1S/C32H44ClN3O9/c1-17-10-9-11-24(42-8)32(40)16-23(43-30(39)35-32)18(2)28-31(4,45-28)25(44-29(38)19(3)34-5)15-26(37)36(6)21-13-20(12-17)14-22(41-7)27(21)33/h9-11,13-14,18-19,23-25,28,34,40H,12,15-16H2,1-8H3,(H,35,39)/b11-9+,17-10+/t18?,19-,23+,24-,25+,28?,31+,32+/m1/s1. The molecule has 2 fully saturated rings. The van der Waals surface area contributed by atoms with E-state index in [1.54, 1.807) is 46.2 Å². The van der Waals surface area contributed by atoms with E-state index in [9.17, 15) is 19.5 Å². The van der Waals surface area contributed by atoms with Crippen LogP contribution in [0.4, 0.5) is 10.5 Å². The summed E-state index contributed by atoms with van der Waals surface area (Å²) in [5.74, 6) is -0.974. The second-order valence-corrected chi connectivity index (χ2v) is 12.6. The number of aliphatic hydroxyl groups is 1. The maximum atomic E-state index is 13.8. The number of alkyl carbamates (subject to hydrolysis) is 1. The number of esters is 1. The second kappa shape index (κ2) is 13.7. The number of methoxy groups -OCH3 is 2. The summed E-state index contributed by atoms with van der Waals surface area (Å²) in [6.07, 6.45) is 1.52. The molecule has 8 atom stereocenters. The zero-order valence-corrected chi connectivity index (χ0v) is 27.8. The molecule has 2 saturated heterocycles. The lowest BCUT2D eigenvalue weighted by atomic mass is 9.83. The van der Waals surface area contributed by atoms with E-state index >= 15 is 0 Å². The molecular formula is C32H44ClN3O9.